The van der Waals surface area contributed by atoms with E-state index in [1.807, 2.05) is 24.4 Å². The topological polar surface area (TPSA) is 62.3 Å². The highest BCUT2D eigenvalue weighted by Crippen LogP contribution is 2.54. The molecule has 1 aromatic heterocycles. The van der Waals surface area contributed by atoms with Crippen molar-refractivity contribution in [3.8, 4) is 5.75 Å². The molecule has 4 heteroatoms. The van der Waals surface area contributed by atoms with E-state index in [-0.39, 0.29) is 11.8 Å². The van der Waals surface area contributed by atoms with E-state index in [9.17, 15) is 4.79 Å². The van der Waals surface area contributed by atoms with Crippen molar-refractivity contribution in [1.29, 1.82) is 0 Å². The van der Waals surface area contributed by atoms with Gasteiger partial charge in [0.05, 0.1) is 13.5 Å². The van der Waals surface area contributed by atoms with Gasteiger partial charge in [-0.15, -0.1) is 0 Å². The average molecular weight is 245 g/mol. The van der Waals surface area contributed by atoms with Gasteiger partial charge in [0.1, 0.15) is 5.75 Å². The number of fused-ring (bicyclic) bond motifs is 1. The van der Waals surface area contributed by atoms with Crippen LogP contribution in [0.1, 0.15) is 24.8 Å². The first-order chi connectivity index (χ1) is 8.64. The molecular formula is C14H15NO3. The Morgan fingerprint density at radius 2 is 2.28 bits per heavy atom. The Hall–Kier alpha value is -1.97. The van der Waals surface area contributed by atoms with E-state index in [0.717, 1.165) is 35.1 Å². The van der Waals surface area contributed by atoms with Gasteiger partial charge in [-0.1, -0.05) is 0 Å². The number of nitrogens with one attached hydrogen (secondary N) is 1. The number of carboxylic acid groups (broad SMARTS) is 1. The van der Waals surface area contributed by atoms with Crippen LogP contribution in [0.3, 0.4) is 0 Å². The maximum absolute atomic E-state index is 11.0. The molecule has 2 N–H and O–H groups in total. The Kier molecular flexibility index (Phi) is 2.33. The van der Waals surface area contributed by atoms with Gasteiger partial charge in [-0.25, -0.2) is 0 Å². The number of hydrogen-bond acceptors (Lipinski definition) is 2. The molecule has 94 valence electrons. The first-order valence-electron chi connectivity index (χ1n) is 6.02. The zero-order valence-electron chi connectivity index (χ0n) is 10.2. The lowest BCUT2D eigenvalue weighted by molar-refractivity contribution is -0.137. The largest absolute Gasteiger partial charge is 0.496 e. The van der Waals surface area contributed by atoms with Gasteiger partial charge in [0, 0.05) is 28.1 Å². The first-order valence-corrected chi connectivity index (χ1v) is 6.02. The summed E-state index contributed by atoms with van der Waals surface area (Å²) in [5, 5.41) is 10.1. The molecule has 0 atom stereocenters. The Balaban J connectivity index is 2.12. The second-order valence-corrected chi connectivity index (χ2v) is 4.97. The molecule has 2 aromatic rings. The van der Waals surface area contributed by atoms with E-state index < -0.39 is 5.97 Å². The van der Waals surface area contributed by atoms with Crippen LogP contribution in [0, 0.1) is 0 Å². The van der Waals surface area contributed by atoms with E-state index in [0.29, 0.717) is 0 Å². The number of carboxylic acids is 1. The summed E-state index contributed by atoms with van der Waals surface area (Å²) in [6, 6.07) is 5.99. The monoisotopic (exact) mass is 245 g/mol. The van der Waals surface area contributed by atoms with Crippen molar-refractivity contribution >= 4 is 16.9 Å². The van der Waals surface area contributed by atoms with Gasteiger partial charge in [0.2, 0.25) is 0 Å². The Labute approximate surface area is 105 Å². The zero-order chi connectivity index (χ0) is 12.8. The number of aliphatic carboxylic acids is 1. The summed E-state index contributed by atoms with van der Waals surface area (Å²) in [7, 11) is 1.63. The maximum atomic E-state index is 11.0. The van der Waals surface area contributed by atoms with E-state index in [4.69, 9.17) is 9.84 Å². The van der Waals surface area contributed by atoms with Crippen LogP contribution in [0.25, 0.3) is 10.9 Å². The number of rotatable bonds is 4. The molecule has 1 aliphatic rings. The molecule has 1 aliphatic carbocycles. The average Bonchev–Trinajstić information content (AvgIpc) is 2.96. The number of ether oxygens (including phenoxy) is 1. The molecule has 0 saturated heterocycles. The Morgan fingerprint density at radius 3 is 2.89 bits per heavy atom. The summed E-state index contributed by atoms with van der Waals surface area (Å²) in [6.07, 6.45) is 3.89. The quantitative estimate of drug-likeness (QED) is 0.870. The van der Waals surface area contributed by atoms with Crippen molar-refractivity contribution in [2.75, 3.05) is 7.11 Å². The number of hydrogen-bond donors (Lipinski definition) is 2. The molecule has 1 aromatic carbocycles. The van der Waals surface area contributed by atoms with Gasteiger partial charge in [-0.05, 0) is 31.0 Å². The predicted octanol–water partition coefficient (Wildman–Crippen LogP) is 2.68. The summed E-state index contributed by atoms with van der Waals surface area (Å²) in [5.74, 6) is 0.0435. The standard InChI is InChI=1S/C14H15NO3/c1-18-12-6-9-2-5-15-11(9)7-10(12)14(3-4-14)8-13(16)17/h2,5-7,15H,3-4,8H2,1H3,(H,16,17). The molecule has 0 unspecified atom stereocenters. The maximum Gasteiger partial charge on any atom is 0.304 e. The number of aromatic nitrogens is 1. The van der Waals surface area contributed by atoms with Crippen LogP contribution in [-0.2, 0) is 10.2 Å². The van der Waals surface area contributed by atoms with Crippen LogP contribution in [0.5, 0.6) is 5.75 Å². The number of benzene rings is 1. The van der Waals surface area contributed by atoms with Crippen LogP contribution >= 0.6 is 0 Å². The second kappa shape index (κ2) is 3.77. The van der Waals surface area contributed by atoms with E-state index >= 15 is 0 Å². The van der Waals surface area contributed by atoms with Crippen LogP contribution in [-0.4, -0.2) is 23.2 Å². The van der Waals surface area contributed by atoms with Gasteiger partial charge in [-0.2, -0.15) is 0 Å². The Morgan fingerprint density at radius 1 is 1.50 bits per heavy atom. The number of methoxy groups -OCH3 is 1. The summed E-state index contributed by atoms with van der Waals surface area (Å²) < 4.78 is 5.42. The summed E-state index contributed by atoms with van der Waals surface area (Å²) >= 11 is 0. The zero-order valence-corrected chi connectivity index (χ0v) is 10.2. The Bertz CT molecular complexity index is 611. The normalized spacial score (nSPS) is 16.7. The number of H-pyrrole nitrogens is 1. The molecule has 0 bridgehead atoms. The molecule has 0 aliphatic heterocycles. The summed E-state index contributed by atoms with van der Waals surface area (Å²) in [6.45, 7) is 0. The fraction of sp³-hybridized carbons (Fsp3) is 0.357. The molecular weight excluding hydrogens is 230 g/mol. The molecule has 0 radical (unpaired) electrons. The SMILES string of the molecule is COc1cc2cc[nH]c2cc1C1(CC(=O)O)CC1. The van der Waals surface area contributed by atoms with E-state index in [1.165, 1.54) is 0 Å². The van der Waals surface area contributed by atoms with Crippen molar-refractivity contribution in [2.45, 2.75) is 24.7 Å². The fourth-order valence-electron chi connectivity index (χ4n) is 2.64. The van der Waals surface area contributed by atoms with Crippen LogP contribution in [0.2, 0.25) is 0 Å². The minimum Gasteiger partial charge on any atom is -0.496 e. The minimum atomic E-state index is -0.749. The van der Waals surface area contributed by atoms with Crippen molar-refractivity contribution < 1.29 is 14.6 Å². The molecule has 3 rings (SSSR count). The fourth-order valence-corrected chi connectivity index (χ4v) is 2.64. The lowest BCUT2D eigenvalue weighted by Crippen LogP contribution is -2.14. The van der Waals surface area contributed by atoms with Gasteiger partial charge >= 0.3 is 5.97 Å². The third kappa shape index (κ3) is 1.65. The molecule has 1 saturated carbocycles. The van der Waals surface area contributed by atoms with Crippen LogP contribution < -0.4 is 4.74 Å². The molecule has 0 amide bonds. The van der Waals surface area contributed by atoms with E-state index in [2.05, 4.69) is 4.98 Å². The molecule has 0 spiro atoms. The van der Waals surface area contributed by atoms with Crippen molar-refractivity contribution in [3.63, 3.8) is 0 Å². The third-order valence-electron chi connectivity index (χ3n) is 3.79. The molecule has 1 fully saturated rings. The number of carbonyl (C=O) groups is 1. The van der Waals surface area contributed by atoms with Crippen molar-refractivity contribution in [1.82, 2.24) is 4.98 Å². The summed E-state index contributed by atoms with van der Waals surface area (Å²) in [4.78, 5) is 14.2. The highest BCUT2D eigenvalue weighted by molar-refractivity contribution is 5.83. The lowest BCUT2D eigenvalue weighted by atomic mass is 9.91. The first kappa shape index (κ1) is 11.1. The van der Waals surface area contributed by atoms with Gasteiger partial charge in [0.25, 0.3) is 0 Å². The minimum absolute atomic E-state index is 0.176. The number of aromatic amines is 1. The lowest BCUT2D eigenvalue weighted by Gasteiger charge is -2.17. The van der Waals surface area contributed by atoms with Crippen LogP contribution in [0.4, 0.5) is 0 Å². The summed E-state index contributed by atoms with van der Waals surface area (Å²) in [5.41, 5.74) is 1.82. The molecule has 18 heavy (non-hydrogen) atoms. The van der Waals surface area contributed by atoms with Gasteiger partial charge in [0.15, 0.2) is 0 Å². The van der Waals surface area contributed by atoms with Gasteiger partial charge in [-0.3, -0.25) is 4.79 Å². The highest BCUT2D eigenvalue weighted by Gasteiger charge is 2.47. The van der Waals surface area contributed by atoms with E-state index in [1.54, 1.807) is 7.11 Å². The smallest absolute Gasteiger partial charge is 0.304 e. The van der Waals surface area contributed by atoms with Crippen molar-refractivity contribution in [2.24, 2.45) is 0 Å². The van der Waals surface area contributed by atoms with Gasteiger partial charge < -0.3 is 14.8 Å². The van der Waals surface area contributed by atoms with Crippen LogP contribution in [0.15, 0.2) is 24.4 Å². The third-order valence-corrected chi connectivity index (χ3v) is 3.79. The van der Waals surface area contributed by atoms with Crippen molar-refractivity contribution in [3.05, 3.63) is 30.0 Å². The molecule has 4 nitrogen and oxygen atoms in total. The predicted molar refractivity (Wildman–Crippen MR) is 68.0 cm³/mol. The second-order valence-electron chi connectivity index (χ2n) is 4.97. The molecule has 1 heterocycles. The highest BCUT2D eigenvalue weighted by atomic mass is 16.5.